The Morgan fingerprint density at radius 3 is 0.831 bits per heavy atom. The molecule has 0 spiro atoms. The molecule has 9 aromatic carbocycles. The lowest BCUT2D eigenvalue weighted by molar-refractivity contribution is -0.146. The second-order valence-corrected chi connectivity index (χ2v) is 45.1. The van der Waals surface area contributed by atoms with E-state index < -0.39 is 65.1 Å². The van der Waals surface area contributed by atoms with Crippen LogP contribution in [0.2, 0.25) is 12.1 Å². The van der Waals surface area contributed by atoms with Gasteiger partial charge in [0.05, 0.1) is 22.3 Å². The first-order valence-corrected chi connectivity index (χ1v) is 51.5. The van der Waals surface area contributed by atoms with Crippen LogP contribution in [0.25, 0.3) is 43.1 Å². The maximum Gasteiger partial charge on any atom is 0.500 e. The summed E-state index contributed by atoms with van der Waals surface area (Å²) in [5.74, 6) is -0.660. The molecule has 15 rings (SSSR count). The van der Waals surface area contributed by atoms with Crippen molar-refractivity contribution in [1.82, 2.24) is 19.6 Å². The summed E-state index contributed by atoms with van der Waals surface area (Å²) >= 11 is 0. The number of carbonyl (C=O) groups excluding carboxylic acids is 6. The van der Waals surface area contributed by atoms with Crippen LogP contribution in [-0.2, 0) is 45.6 Å². The van der Waals surface area contributed by atoms with Crippen molar-refractivity contribution < 1.29 is 83.7 Å². The molecular weight excluding hydrogens is 1670 g/mol. The van der Waals surface area contributed by atoms with Gasteiger partial charge in [0.1, 0.15) is 71.5 Å². The molecule has 0 bridgehead atoms. The molecule has 4 saturated carbocycles. The van der Waals surface area contributed by atoms with Gasteiger partial charge in [0.2, 0.25) is 11.8 Å². The second-order valence-electron chi connectivity index (χ2n) is 39.1. The third-order valence-electron chi connectivity index (χ3n) is 29.5. The molecule has 4 fully saturated rings. The number of nitrogens with zero attached hydrogens (tertiary/aromatic N) is 4. The minimum absolute atomic E-state index is 0.0331. The zero-order chi connectivity index (χ0) is 92.6. The maximum atomic E-state index is 17.5. The molecule has 0 N–H and O–H groups in total. The molecule has 4 aliphatic carbocycles. The number of rotatable bonds is 36. The molecule has 6 amide bonds. The normalized spacial score (nSPS) is 19.0. The predicted molar refractivity (Wildman–Crippen MR) is 512 cm³/mol. The maximum absolute atomic E-state index is 17.5. The van der Waals surface area contributed by atoms with Gasteiger partial charge in [-0.05, 0) is 207 Å². The number of carbonyl (C=O) groups is 6. The van der Waals surface area contributed by atoms with Gasteiger partial charge < -0.3 is 64.8 Å². The number of amides is 6. The molecule has 6 atom stereocenters. The van der Waals surface area contributed by atoms with Gasteiger partial charge in [-0.3, -0.25) is 38.6 Å². The monoisotopic (exact) mass is 1810 g/mol. The first-order chi connectivity index (χ1) is 62.4. The highest BCUT2D eigenvalue weighted by atomic mass is 28.4. The van der Waals surface area contributed by atoms with E-state index in [1.54, 1.807) is 90.9 Å². The van der Waals surface area contributed by atoms with E-state index in [0.717, 1.165) is 134 Å². The summed E-state index contributed by atoms with van der Waals surface area (Å²) in [6.07, 6.45) is 15.0. The summed E-state index contributed by atoms with van der Waals surface area (Å²) in [5, 5.41) is 2.61. The van der Waals surface area contributed by atoms with Crippen LogP contribution >= 0.6 is 0 Å². The van der Waals surface area contributed by atoms with Gasteiger partial charge in [0.25, 0.3) is 23.6 Å². The Kier molecular flexibility index (Phi) is 29.6. The zero-order valence-corrected chi connectivity index (χ0v) is 82.3. The van der Waals surface area contributed by atoms with Crippen LogP contribution in [0.15, 0.2) is 97.1 Å². The standard InChI is InChI=1S/C106H136N4O18Si2/c1-61(2)73-37-41-85(65(9)45-73)125-89-53-79-93-80(102(112)109(101(79)111)83(51-69-29-23-21-24-30-69)105(115)107(59-117-13)77-35-27-33-71(49-77)57-129(119-15,120-16)121-17)55-91(127-87-43-39-75(63(5)6)47-67(87)11)97-98-92(128-88-44-40-76(64(7)8)48-68(88)12)56-82-94-81(54-90(96(100(94)98)95(89)99(93)97)126-86-42-38-74(62(3)4)46-66(86)10)103(113)110(104(82)114)84(52-70-31-25-22-26-32-70)106(116)108(60-118-14)78-36-28-34-72(50-78)58-130(122-18,123-19)124-20/h37-48,53-56,61-64,69-72,77-78,83-84H,21-36,49-52,57-60H2,1-20H3. The molecule has 2 heterocycles. The van der Waals surface area contributed by atoms with Crippen LogP contribution in [0.1, 0.15) is 293 Å². The molecule has 0 saturated heterocycles. The number of methoxy groups -OCH3 is 2. The Labute approximate surface area is 770 Å². The van der Waals surface area contributed by atoms with Crippen LogP contribution < -0.4 is 18.9 Å². The third-order valence-corrected chi connectivity index (χ3v) is 35.4. The van der Waals surface area contributed by atoms with Crippen LogP contribution in [0, 0.1) is 51.4 Å². The van der Waals surface area contributed by atoms with E-state index in [2.05, 4.69) is 79.7 Å². The summed E-state index contributed by atoms with van der Waals surface area (Å²) < 4.78 is 79.2. The predicted octanol–water partition coefficient (Wildman–Crippen LogP) is 24.2. The largest absolute Gasteiger partial charge is 0.500 e. The van der Waals surface area contributed by atoms with Crippen molar-refractivity contribution in [1.29, 1.82) is 0 Å². The van der Waals surface area contributed by atoms with Crippen molar-refractivity contribution in [3.8, 4) is 46.0 Å². The van der Waals surface area contributed by atoms with Crippen LogP contribution in [-0.4, -0.2) is 167 Å². The Bertz CT molecular complexity index is 5100. The van der Waals surface area contributed by atoms with E-state index in [1.807, 2.05) is 76.2 Å². The fourth-order valence-electron chi connectivity index (χ4n) is 22.1. The molecule has 0 radical (unpaired) electrons. The Hall–Kier alpha value is -9.19. The fourth-order valence-corrected chi connectivity index (χ4v) is 26.3. The van der Waals surface area contributed by atoms with Gasteiger partial charge in [0.15, 0.2) is 0 Å². The van der Waals surface area contributed by atoms with Gasteiger partial charge in [-0.25, -0.2) is 0 Å². The average molecular weight is 1810 g/mol. The minimum Gasteiger partial charge on any atom is -0.456 e. The van der Waals surface area contributed by atoms with Crippen molar-refractivity contribution in [3.63, 3.8) is 0 Å². The molecule has 130 heavy (non-hydrogen) atoms. The van der Waals surface area contributed by atoms with E-state index in [9.17, 15) is 0 Å². The van der Waals surface area contributed by atoms with Gasteiger partial charge >= 0.3 is 17.6 Å². The molecule has 696 valence electrons. The summed E-state index contributed by atoms with van der Waals surface area (Å²) in [6.45, 7) is 24.8. The first kappa shape index (κ1) is 95.4. The minimum atomic E-state index is -3.11. The summed E-state index contributed by atoms with van der Waals surface area (Å²) in [5.41, 5.74) is 7.70. The van der Waals surface area contributed by atoms with Gasteiger partial charge in [-0.1, -0.05) is 194 Å². The quantitative estimate of drug-likeness (QED) is 0.0117. The molecule has 2 aliphatic heterocycles. The number of fused-ring (bicyclic) bond motifs is 2. The van der Waals surface area contributed by atoms with E-state index in [1.165, 1.54) is 9.80 Å². The van der Waals surface area contributed by atoms with Gasteiger partial charge in [-0.2, -0.15) is 0 Å². The van der Waals surface area contributed by atoms with Crippen molar-refractivity contribution in [3.05, 3.63) is 164 Å². The zero-order valence-electron chi connectivity index (χ0n) is 80.3. The number of imide groups is 2. The van der Waals surface area contributed by atoms with Gasteiger partial charge in [0, 0.05) is 124 Å². The topological polar surface area (TPSA) is 226 Å². The van der Waals surface area contributed by atoms with Crippen LogP contribution in [0.3, 0.4) is 0 Å². The number of benzene rings is 9. The Morgan fingerprint density at radius 2 is 0.592 bits per heavy atom. The lowest BCUT2D eigenvalue weighted by Crippen LogP contribution is -2.58. The highest BCUT2D eigenvalue weighted by molar-refractivity contribution is 6.61. The number of hydrogen-bond donors (Lipinski definition) is 0. The molecular formula is C106H136N4O18Si2. The number of hydrogen-bond acceptors (Lipinski definition) is 18. The van der Waals surface area contributed by atoms with Crippen LogP contribution in [0.5, 0.6) is 46.0 Å². The van der Waals surface area contributed by atoms with Crippen molar-refractivity contribution in [2.75, 3.05) is 70.3 Å². The summed E-state index contributed by atoms with van der Waals surface area (Å²) in [6, 6.07) is 28.9. The van der Waals surface area contributed by atoms with E-state index in [-0.39, 0.29) is 142 Å². The molecule has 6 unspecified atom stereocenters. The van der Waals surface area contributed by atoms with Gasteiger partial charge in [-0.15, -0.1) is 0 Å². The van der Waals surface area contributed by atoms with E-state index in [0.29, 0.717) is 93.1 Å². The van der Waals surface area contributed by atoms with Crippen molar-refractivity contribution in [2.24, 2.45) is 23.7 Å². The highest BCUT2D eigenvalue weighted by Crippen LogP contribution is 2.60. The van der Waals surface area contributed by atoms with Crippen molar-refractivity contribution >= 4 is 96.1 Å². The van der Waals surface area contributed by atoms with Crippen LogP contribution in [0.4, 0.5) is 0 Å². The fraction of sp³-hybridized carbons (Fsp3) is 0.528. The molecule has 6 aliphatic rings. The molecule has 24 heteroatoms. The van der Waals surface area contributed by atoms with Crippen molar-refractivity contribution in [2.45, 2.75) is 271 Å². The summed E-state index contributed by atoms with van der Waals surface area (Å²) in [4.78, 5) is 110. The van der Waals surface area contributed by atoms with E-state index >= 15 is 28.8 Å². The molecule has 22 nitrogen and oxygen atoms in total. The molecule has 0 aromatic heterocycles. The Morgan fingerprint density at radius 1 is 0.331 bits per heavy atom. The Balaban J connectivity index is 1.06. The first-order valence-electron chi connectivity index (χ1n) is 47.6. The number of aryl methyl sites for hydroxylation is 4. The van der Waals surface area contributed by atoms with E-state index in [4.69, 9.17) is 55.0 Å². The lowest BCUT2D eigenvalue weighted by Gasteiger charge is -2.43. The second kappa shape index (κ2) is 40.3. The SMILES string of the molecule is COCN(C(=O)C(CC1CCCCC1)N1C(=O)c2cc(Oc3ccc(C(C)C)cc3C)c3c4c(Oc5ccc(C(C)C)cc5C)cc5c6c(cc(Oc7ccc(C(C)C)cc7C)c(c7c(Oc8ccc(C(C)C)cc8C)cc(c2c37)C1=O)c64)C(=O)N(C(CC1CCCCC1)C(=O)N(COC)C1CCCC(C[Si](OC)(OC)OC)C1)C5=O)C1CCCC(C[Si](OC)(OC)OC)C1. The average Bonchev–Trinajstić information content (AvgIpc) is 0.668. The summed E-state index contributed by atoms with van der Waals surface area (Å²) in [7, 11) is 6.63. The number of ether oxygens (including phenoxy) is 6. The third kappa shape index (κ3) is 18.7. The highest BCUT2D eigenvalue weighted by Gasteiger charge is 2.52. The molecule has 9 aromatic rings. The lowest BCUT2D eigenvalue weighted by atomic mass is 9.79. The smallest absolute Gasteiger partial charge is 0.456 e.